The van der Waals surface area contributed by atoms with Gasteiger partial charge in [-0.1, -0.05) is 11.6 Å². The van der Waals surface area contributed by atoms with Crippen LogP contribution in [-0.2, 0) is 4.79 Å². The summed E-state index contributed by atoms with van der Waals surface area (Å²) in [6.07, 6.45) is 4.66. The molecule has 0 unspecified atom stereocenters. The molecule has 1 aromatic carbocycles. The van der Waals surface area contributed by atoms with Crippen molar-refractivity contribution in [2.45, 2.75) is 51.1 Å². The first-order valence-electron chi connectivity index (χ1n) is 9.67. The van der Waals surface area contributed by atoms with Crippen LogP contribution in [0.1, 0.15) is 56.1 Å². The molecule has 1 N–H and O–H groups in total. The minimum atomic E-state index is -0.589. The second-order valence-corrected chi connectivity index (χ2v) is 9.01. The number of benzene rings is 1. The lowest BCUT2D eigenvalue weighted by atomic mass is 9.38. The Balaban J connectivity index is 1.23. The van der Waals surface area contributed by atoms with Crippen LogP contribution in [0.5, 0.6) is 5.75 Å². The SMILES string of the molecule is CC(C)n1ccc(C(=O)CC23CC(NC(=O)COc4ccc(Cl)c(F)c4)(C2)C3)n1. The van der Waals surface area contributed by atoms with Gasteiger partial charge in [0.2, 0.25) is 0 Å². The maximum Gasteiger partial charge on any atom is 0.258 e. The fraction of sp³-hybridized carbons (Fsp3) is 0.476. The minimum absolute atomic E-state index is 0.00600. The third-order valence-corrected chi connectivity index (χ3v) is 6.07. The largest absolute Gasteiger partial charge is 0.484 e. The smallest absolute Gasteiger partial charge is 0.258 e. The van der Waals surface area contributed by atoms with E-state index in [1.165, 1.54) is 12.1 Å². The molecule has 2 bridgehead atoms. The van der Waals surface area contributed by atoms with Crippen LogP contribution in [-0.4, -0.2) is 33.6 Å². The van der Waals surface area contributed by atoms with E-state index in [0.29, 0.717) is 12.1 Å². The van der Waals surface area contributed by atoms with Crippen LogP contribution in [0.2, 0.25) is 5.02 Å². The quantitative estimate of drug-likeness (QED) is 0.657. The van der Waals surface area contributed by atoms with E-state index in [-0.39, 0.29) is 46.1 Å². The van der Waals surface area contributed by atoms with Crippen LogP contribution < -0.4 is 10.1 Å². The molecule has 5 rings (SSSR count). The number of ketones is 1. The first-order chi connectivity index (χ1) is 13.7. The maximum atomic E-state index is 13.4. The van der Waals surface area contributed by atoms with Gasteiger partial charge in [0.1, 0.15) is 17.3 Å². The van der Waals surface area contributed by atoms with Gasteiger partial charge in [0.05, 0.1) is 5.02 Å². The fourth-order valence-corrected chi connectivity index (χ4v) is 4.69. The van der Waals surface area contributed by atoms with Gasteiger partial charge in [0, 0.05) is 30.3 Å². The van der Waals surface area contributed by atoms with Gasteiger partial charge in [0.25, 0.3) is 5.91 Å². The van der Waals surface area contributed by atoms with Crippen LogP contribution in [0.3, 0.4) is 0 Å². The Morgan fingerprint density at radius 2 is 2.03 bits per heavy atom. The molecular weight excluding hydrogens is 397 g/mol. The third kappa shape index (κ3) is 3.88. The normalized spacial score (nSPS) is 24.6. The molecular formula is C21H23ClFN3O3. The Kier molecular flexibility index (Phi) is 4.89. The van der Waals surface area contributed by atoms with E-state index in [9.17, 15) is 14.0 Å². The van der Waals surface area contributed by atoms with Crippen molar-refractivity contribution >= 4 is 23.3 Å². The highest BCUT2D eigenvalue weighted by molar-refractivity contribution is 6.30. The number of hydrogen-bond donors (Lipinski definition) is 1. The molecule has 1 amide bonds. The van der Waals surface area contributed by atoms with Gasteiger partial charge in [-0.2, -0.15) is 5.10 Å². The first-order valence-corrected chi connectivity index (χ1v) is 10.0. The molecule has 3 aliphatic carbocycles. The lowest BCUT2D eigenvalue weighted by Gasteiger charge is -2.70. The van der Waals surface area contributed by atoms with Crippen LogP contribution in [0, 0.1) is 11.2 Å². The van der Waals surface area contributed by atoms with Crippen molar-refractivity contribution in [1.29, 1.82) is 0 Å². The Bertz CT molecular complexity index is 952. The van der Waals surface area contributed by atoms with E-state index in [4.69, 9.17) is 16.3 Å². The lowest BCUT2D eigenvalue weighted by molar-refractivity contribution is -0.164. The Morgan fingerprint density at radius 1 is 1.31 bits per heavy atom. The summed E-state index contributed by atoms with van der Waals surface area (Å²) < 4.78 is 20.5. The highest BCUT2D eigenvalue weighted by Gasteiger charge is 2.68. The number of amides is 1. The van der Waals surface area contributed by atoms with Crippen molar-refractivity contribution in [1.82, 2.24) is 15.1 Å². The Morgan fingerprint density at radius 3 is 2.66 bits per heavy atom. The van der Waals surface area contributed by atoms with Crippen molar-refractivity contribution in [2.75, 3.05) is 6.61 Å². The zero-order valence-electron chi connectivity index (χ0n) is 16.4. The number of rotatable bonds is 8. The van der Waals surface area contributed by atoms with Gasteiger partial charge in [-0.25, -0.2) is 4.39 Å². The predicted molar refractivity (Wildman–Crippen MR) is 106 cm³/mol. The second-order valence-electron chi connectivity index (χ2n) is 8.60. The molecule has 3 saturated carbocycles. The maximum absolute atomic E-state index is 13.4. The molecule has 0 aliphatic heterocycles. The lowest BCUT2D eigenvalue weighted by Crippen LogP contribution is -2.75. The van der Waals surface area contributed by atoms with Gasteiger partial charge in [-0.05, 0) is 56.7 Å². The van der Waals surface area contributed by atoms with Crippen molar-refractivity contribution in [3.63, 3.8) is 0 Å². The monoisotopic (exact) mass is 419 g/mol. The summed E-state index contributed by atoms with van der Waals surface area (Å²) in [7, 11) is 0. The number of halogens is 2. The number of nitrogens with one attached hydrogen (secondary N) is 1. The van der Waals surface area contributed by atoms with Crippen molar-refractivity contribution in [2.24, 2.45) is 5.41 Å². The summed E-state index contributed by atoms with van der Waals surface area (Å²) in [5, 5.41) is 7.35. The van der Waals surface area contributed by atoms with Gasteiger partial charge in [0.15, 0.2) is 12.4 Å². The molecule has 2 aromatic rings. The number of Topliss-reactive ketones (excluding diaryl/α,β-unsaturated/α-hetero) is 1. The zero-order valence-corrected chi connectivity index (χ0v) is 17.1. The van der Waals surface area contributed by atoms with E-state index >= 15 is 0 Å². The van der Waals surface area contributed by atoms with E-state index in [2.05, 4.69) is 10.4 Å². The first kappa shape index (κ1) is 19.9. The molecule has 0 saturated heterocycles. The second kappa shape index (κ2) is 7.13. The fourth-order valence-electron chi connectivity index (χ4n) is 4.57. The van der Waals surface area contributed by atoms with Gasteiger partial charge >= 0.3 is 0 Å². The third-order valence-electron chi connectivity index (χ3n) is 5.76. The number of aromatic nitrogens is 2. The van der Waals surface area contributed by atoms with Crippen LogP contribution >= 0.6 is 11.6 Å². The number of hydrogen-bond acceptors (Lipinski definition) is 4. The molecule has 0 radical (unpaired) electrons. The highest BCUT2D eigenvalue weighted by atomic mass is 35.5. The topological polar surface area (TPSA) is 73.2 Å². The average Bonchev–Trinajstić information content (AvgIpc) is 3.10. The molecule has 6 nitrogen and oxygen atoms in total. The number of carbonyl (C=O) groups excluding carboxylic acids is 2. The molecule has 1 aromatic heterocycles. The number of nitrogens with zero attached hydrogens (tertiary/aromatic N) is 2. The van der Waals surface area contributed by atoms with Crippen molar-refractivity contribution in [3.8, 4) is 5.75 Å². The molecule has 29 heavy (non-hydrogen) atoms. The van der Waals surface area contributed by atoms with E-state index in [1.807, 2.05) is 20.0 Å². The minimum Gasteiger partial charge on any atom is -0.484 e. The number of ether oxygens (including phenoxy) is 1. The summed E-state index contributed by atoms with van der Waals surface area (Å²) in [4.78, 5) is 24.7. The molecule has 0 spiro atoms. The number of carbonyl (C=O) groups is 2. The van der Waals surface area contributed by atoms with Gasteiger partial charge < -0.3 is 10.1 Å². The molecule has 0 atom stereocenters. The standard InChI is InChI=1S/C21H23ClFN3O3/c1-13(2)26-6-5-17(25-26)18(27)8-20-10-21(11-20,12-20)24-19(28)9-29-14-3-4-15(22)16(23)7-14/h3-7,13H,8-12H2,1-2H3,(H,24,28). The molecule has 154 valence electrons. The summed E-state index contributed by atoms with van der Waals surface area (Å²) in [5.41, 5.74) is 0.250. The van der Waals surface area contributed by atoms with E-state index < -0.39 is 5.82 Å². The van der Waals surface area contributed by atoms with E-state index in [1.54, 1.807) is 10.7 Å². The Hall–Kier alpha value is -2.41. The van der Waals surface area contributed by atoms with Crippen LogP contribution in [0.4, 0.5) is 4.39 Å². The highest BCUT2D eigenvalue weighted by Crippen LogP contribution is 2.69. The van der Waals surface area contributed by atoms with Gasteiger partial charge in [-0.3, -0.25) is 14.3 Å². The molecule has 3 fully saturated rings. The Labute approximate surface area is 173 Å². The summed E-state index contributed by atoms with van der Waals surface area (Å²) >= 11 is 5.63. The summed E-state index contributed by atoms with van der Waals surface area (Å²) in [6, 6.07) is 6.04. The molecule has 3 aliphatic rings. The summed E-state index contributed by atoms with van der Waals surface area (Å²) in [6.45, 7) is 3.84. The summed E-state index contributed by atoms with van der Waals surface area (Å²) in [5.74, 6) is -0.538. The molecule has 8 heteroatoms. The van der Waals surface area contributed by atoms with Gasteiger partial charge in [-0.15, -0.1) is 0 Å². The average molecular weight is 420 g/mol. The van der Waals surface area contributed by atoms with Crippen molar-refractivity contribution in [3.05, 3.63) is 47.0 Å². The predicted octanol–water partition coefficient (Wildman–Crippen LogP) is 3.95. The van der Waals surface area contributed by atoms with Crippen LogP contribution in [0.15, 0.2) is 30.5 Å². The van der Waals surface area contributed by atoms with Crippen molar-refractivity contribution < 1.29 is 18.7 Å². The van der Waals surface area contributed by atoms with E-state index in [0.717, 1.165) is 25.3 Å². The zero-order chi connectivity index (χ0) is 20.8. The van der Waals surface area contributed by atoms with Crippen LogP contribution in [0.25, 0.3) is 0 Å². The molecule has 1 heterocycles.